The molecule has 0 amide bonds. The van der Waals surface area contributed by atoms with Crippen molar-refractivity contribution in [3.63, 3.8) is 0 Å². The first-order valence-electron chi connectivity index (χ1n) is 6.15. The van der Waals surface area contributed by atoms with E-state index in [9.17, 15) is 4.79 Å². The lowest BCUT2D eigenvalue weighted by Crippen LogP contribution is -2.22. The lowest BCUT2D eigenvalue weighted by Gasteiger charge is -2.08. The number of hydrogen-bond acceptors (Lipinski definition) is 5. The largest absolute Gasteiger partial charge is 0.492 e. The van der Waals surface area contributed by atoms with Crippen LogP contribution in [-0.2, 0) is 6.54 Å². The van der Waals surface area contributed by atoms with E-state index in [1.165, 1.54) is 11.3 Å². The fourth-order valence-electron chi connectivity index (χ4n) is 1.90. The van der Waals surface area contributed by atoms with Crippen molar-refractivity contribution in [1.29, 1.82) is 0 Å². The van der Waals surface area contributed by atoms with E-state index < -0.39 is 0 Å². The van der Waals surface area contributed by atoms with Gasteiger partial charge < -0.3 is 10.5 Å². The Morgan fingerprint density at radius 1 is 1.35 bits per heavy atom. The zero-order chi connectivity index (χ0) is 13.9. The molecule has 3 rings (SSSR count). The molecule has 6 heteroatoms. The molecular formula is C14H13N3O2S. The molecule has 0 fully saturated rings. The number of nitrogen functional groups attached to an aromatic ring is 1. The average Bonchev–Trinajstić information content (AvgIpc) is 2.91. The van der Waals surface area contributed by atoms with Gasteiger partial charge in [0.25, 0.3) is 5.56 Å². The van der Waals surface area contributed by atoms with Crippen LogP contribution >= 0.6 is 11.3 Å². The maximum absolute atomic E-state index is 12.1. The lowest BCUT2D eigenvalue weighted by molar-refractivity contribution is 0.296. The summed E-state index contributed by atoms with van der Waals surface area (Å²) in [5.41, 5.74) is 7.04. The van der Waals surface area contributed by atoms with Crippen LogP contribution in [0.5, 0.6) is 5.75 Å². The van der Waals surface area contributed by atoms with E-state index in [4.69, 9.17) is 10.5 Å². The standard InChI is InChI=1S/C14H13N3O2S/c15-10-2-1-3-11(8-10)19-6-5-17-9-16-12-4-7-20-13(12)14(17)18/h1-4,7-9H,5-6,15H2. The number of thiophene rings is 1. The van der Waals surface area contributed by atoms with Crippen LogP contribution in [0, 0.1) is 0 Å². The van der Waals surface area contributed by atoms with Crippen molar-refractivity contribution >= 4 is 27.2 Å². The number of benzene rings is 1. The Balaban J connectivity index is 1.71. The molecule has 1 aromatic carbocycles. The third-order valence-corrected chi connectivity index (χ3v) is 3.79. The minimum Gasteiger partial charge on any atom is -0.492 e. The van der Waals surface area contributed by atoms with Crippen LogP contribution in [-0.4, -0.2) is 16.2 Å². The first-order valence-corrected chi connectivity index (χ1v) is 7.03. The van der Waals surface area contributed by atoms with Crippen LogP contribution in [0.3, 0.4) is 0 Å². The van der Waals surface area contributed by atoms with Gasteiger partial charge in [0.05, 0.1) is 18.4 Å². The zero-order valence-corrected chi connectivity index (χ0v) is 11.5. The van der Waals surface area contributed by atoms with Crippen molar-refractivity contribution in [3.05, 3.63) is 52.4 Å². The van der Waals surface area contributed by atoms with E-state index in [1.54, 1.807) is 23.0 Å². The van der Waals surface area contributed by atoms with Crippen molar-refractivity contribution in [2.75, 3.05) is 12.3 Å². The van der Waals surface area contributed by atoms with Crippen molar-refractivity contribution in [2.24, 2.45) is 0 Å². The summed E-state index contributed by atoms with van der Waals surface area (Å²) in [6.45, 7) is 0.844. The lowest BCUT2D eigenvalue weighted by atomic mass is 10.3. The maximum Gasteiger partial charge on any atom is 0.271 e. The Labute approximate surface area is 119 Å². The summed E-state index contributed by atoms with van der Waals surface area (Å²) in [6, 6.07) is 9.06. The number of ether oxygens (including phenoxy) is 1. The molecule has 2 heterocycles. The molecule has 0 atom stereocenters. The number of nitrogens with two attached hydrogens (primary N) is 1. The average molecular weight is 287 g/mol. The highest BCUT2D eigenvalue weighted by Crippen LogP contribution is 2.15. The van der Waals surface area contributed by atoms with Gasteiger partial charge in [-0.25, -0.2) is 4.98 Å². The quantitative estimate of drug-likeness (QED) is 0.746. The van der Waals surface area contributed by atoms with Gasteiger partial charge in [-0.3, -0.25) is 9.36 Å². The molecule has 0 saturated carbocycles. The normalized spacial score (nSPS) is 10.8. The number of nitrogens with zero attached hydrogens (tertiary/aromatic N) is 2. The Morgan fingerprint density at radius 3 is 3.10 bits per heavy atom. The minimum absolute atomic E-state index is 0.0267. The Kier molecular flexibility index (Phi) is 3.39. The summed E-state index contributed by atoms with van der Waals surface area (Å²) in [4.78, 5) is 16.4. The van der Waals surface area contributed by atoms with Gasteiger partial charge in [-0.1, -0.05) is 6.07 Å². The van der Waals surface area contributed by atoms with Crippen molar-refractivity contribution in [2.45, 2.75) is 6.54 Å². The zero-order valence-electron chi connectivity index (χ0n) is 10.7. The monoisotopic (exact) mass is 287 g/mol. The highest BCUT2D eigenvalue weighted by Gasteiger charge is 2.05. The van der Waals surface area contributed by atoms with Crippen LogP contribution in [0.1, 0.15) is 0 Å². The Morgan fingerprint density at radius 2 is 2.25 bits per heavy atom. The molecule has 3 aromatic rings. The molecular weight excluding hydrogens is 274 g/mol. The third-order valence-electron chi connectivity index (χ3n) is 2.89. The summed E-state index contributed by atoms with van der Waals surface area (Å²) >= 11 is 1.41. The van der Waals surface area contributed by atoms with Gasteiger partial charge in [0.15, 0.2) is 0 Å². The molecule has 102 valence electrons. The van der Waals surface area contributed by atoms with E-state index in [-0.39, 0.29) is 5.56 Å². The molecule has 0 radical (unpaired) electrons. The van der Waals surface area contributed by atoms with E-state index in [1.807, 2.05) is 23.6 Å². The van der Waals surface area contributed by atoms with E-state index in [0.717, 1.165) is 5.52 Å². The summed E-state index contributed by atoms with van der Waals surface area (Å²) in [5, 5.41) is 1.87. The molecule has 0 aliphatic rings. The molecule has 0 spiro atoms. The first-order chi connectivity index (χ1) is 9.74. The van der Waals surface area contributed by atoms with Gasteiger partial charge in [0.2, 0.25) is 0 Å². The van der Waals surface area contributed by atoms with Crippen molar-refractivity contribution < 1.29 is 4.74 Å². The smallest absolute Gasteiger partial charge is 0.271 e. The van der Waals surface area contributed by atoms with Gasteiger partial charge in [0.1, 0.15) is 17.1 Å². The summed E-state index contributed by atoms with van der Waals surface area (Å²) in [7, 11) is 0. The second-order valence-corrected chi connectivity index (χ2v) is 5.22. The third kappa shape index (κ3) is 2.50. The van der Waals surface area contributed by atoms with Gasteiger partial charge >= 0.3 is 0 Å². The Bertz CT molecular complexity index is 794. The topological polar surface area (TPSA) is 70.1 Å². The fourth-order valence-corrected chi connectivity index (χ4v) is 2.70. The van der Waals surface area contributed by atoms with Gasteiger partial charge in [-0.15, -0.1) is 11.3 Å². The summed E-state index contributed by atoms with van der Waals surface area (Å²) < 4.78 is 7.81. The van der Waals surface area contributed by atoms with Crippen LogP contribution < -0.4 is 16.0 Å². The molecule has 0 aliphatic carbocycles. The molecule has 0 saturated heterocycles. The highest BCUT2D eigenvalue weighted by atomic mass is 32.1. The number of hydrogen-bond donors (Lipinski definition) is 1. The van der Waals surface area contributed by atoms with Crippen molar-refractivity contribution in [1.82, 2.24) is 9.55 Å². The molecule has 0 aliphatic heterocycles. The van der Waals surface area contributed by atoms with Crippen LogP contribution in [0.15, 0.2) is 46.8 Å². The number of aromatic nitrogens is 2. The predicted molar refractivity (Wildman–Crippen MR) is 80.2 cm³/mol. The Hall–Kier alpha value is -2.34. The van der Waals surface area contributed by atoms with Gasteiger partial charge in [-0.05, 0) is 23.6 Å². The second kappa shape index (κ2) is 5.34. The molecule has 0 bridgehead atoms. The molecule has 5 nitrogen and oxygen atoms in total. The van der Waals surface area contributed by atoms with Crippen molar-refractivity contribution in [3.8, 4) is 5.75 Å². The maximum atomic E-state index is 12.1. The fraction of sp³-hybridized carbons (Fsp3) is 0.143. The van der Waals surface area contributed by atoms with E-state index in [2.05, 4.69) is 4.98 Å². The highest BCUT2D eigenvalue weighted by molar-refractivity contribution is 7.17. The molecule has 20 heavy (non-hydrogen) atoms. The number of rotatable bonds is 4. The summed E-state index contributed by atoms with van der Waals surface area (Å²) in [6.07, 6.45) is 1.56. The SMILES string of the molecule is Nc1cccc(OCCn2cnc3ccsc3c2=O)c1. The first kappa shape index (κ1) is 12.7. The second-order valence-electron chi connectivity index (χ2n) is 4.30. The summed E-state index contributed by atoms with van der Waals surface area (Å²) in [5.74, 6) is 0.697. The van der Waals surface area contributed by atoms with Gasteiger partial charge in [0, 0.05) is 11.8 Å². The number of anilines is 1. The predicted octanol–water partition coefficient (Wildman–Crippen LogP) is 2.12. The van der Waals surface area contributed by atoms with Crippen LogP contribution in [0.2, 0.25) is 0 Å². The number of fused-ring (bicyclic) bond motifs is 1. The van der Waals surface area contributed by atoms with E-state index in [0.29, 0.717) is 29.3 Å². The molecule has 2 N–H and O–H groups in total. The van der Waals surface area contributed by atoms with Crippen LogP contribution in [0.4, 0.5) is 5.69 Å². The molecule has 2 aromatic heterocycles. The van der Waals surface area contributed by atoms with Crippen LogP contribution in [0.25, 0.3) is 10.2 Å². The van der Waals surface area contributed by atoms with E-state index >= 15 is 0 Å². The van der Waals surface area contributed by atoms with Gasteiger partial charge in [-0.2, -0.15) is 0 Å². The molecule has 0 unspecified atom stereocenters. The minimum atomic E-state index is -0.0267.